The topological polar surface area (TPSA) is 35.2 Å². The molecule has 1 unspecified atom stereocenters. The first-order valence-electron chi connectivity index (χ1n) is 8.32. The van der Waals surface area contributed by atoms with E-state index >= 15 is 0 Å². The predicted octanol–water partition coefficient (Wildman–Crippen LogP) is 4.98. The first kappa shape index (κ1) is 15.4. The monoisotopic (exact) mass is 275 g/mol. The third kappa shape index (κ3) is 4.52. The molecular weight excluding hydrogens is 246 g/mol. The van der Waals surface area contributed by atoms with Gasteiger partial charge >= 0.3 is 0 Å². The van der Waals surface area contributed by atoms with Crippen LogP contribution in [0.2, 0.25) is 0 Å². The second-order valence-electron chi connectivity index (χ2n) is 6.03. The van der Waals surface area contributed by atoms with Gasteiger partial charge in [-0.2, -0.15) is 0 Å². The molecule has 2 atom stereocenters. The summed E-state index contributed by atoms with van der Waals surface area (Å²) in [5.41, 5.74) is 7.41. The van der Waals surface area contributed by atoms with E-state index in [9.17, 15) is 0 Å². The molecule has 0 fully saturated rings. The zero-order valence-corrected chi connectivity index (χ0v) is 12.8. The van der Waals surface area contributed by atoms with Gasteiger partial charge < -0.3 is 10.5 Å². The number of hydrogen-bond donors (Lipinski definition) is 1. The van der Waals surface area contributed by atoms with Gasteiger partial charge in [-0.1, -0.05) is 63.6 Å². The molecule has 1 aliphatic heterocycles. The Bertz CT molecular complexity index is 391. The third-order valence-electron chi connectivity index (χ3n) is 4.26. The smallest absolute Gasteiger partial charge is 0.124 e. The fourth-order valence-electron chi connectivity index (χ4n) is 3.04. The molecule has 1 aliphatic rings. The molecule has 112 valence electrons. The van der Waals surface area contributed by atoms with Crippen LogP contribution in [0.25, 0.3) is 0 Å². The quantitative estimate of drug-likeness (QED) is 0.679. The summed E-state index contributed by atoms with van der Waals surface area (Å²) >= 11 is 0. The Morgan fingerprint density at radius 1 is 1.05 bits per heavy atom. The minimum absolute atomic E-state index is 0.148. The van der Waals surface area contributed by atoms with Gasteiger partial charge in [0.15, 0.2) is 0 Å². The largest absolute Gasteiger partial charge is 0.490 e. The summed E-state index contributed by atoms with van der Waals surface area (Å²) in [6.07, 6.45) is 11.9. The van der Waals surface area contributed by atoms with Gasteiger partial charge in [0.25, 0.3) is 0 Å². The van der Waals surface area contributed by atoms with E-state index in [0.717, 1.165) is 18.6 Å². The van der Waals surface area contributed by atoms with Crippen LogP contribution in [0.1, 0.15) is 76.3 Å². The summed E-state index contributed by atoms with van der Waals surface area (Å²) in [7, 11) is 0. The third-order valence-corrected chi connectivity index (χ3v) is 4.26. The molecule has 2 N–H and O–H groups in total. The summed E-state index contributed by atoms with van der Waals surface area (Å²) in [6, 6.07) is 8.35. The normalized spacial score (nSPS) is 21.3. The van der Waals surface area contributed by atoms with E-state index in [2.05, 4.69) is 13.0 Å². The van der Waals surface area contributed by atoms with E-state index in [0.29, 0.717) is 6.10 Å². The van der Waals surface area contributed by atoms with E-state index in [4.69, 9.17) is 10.5 Å². The standard InChI is InChI=1S/C18H29NO/c1-2-3-4-5-6-7-8-11-15-14-17(19)16-12-9-10-13-18(16)20-15/h9-10,12-13,15,17H,2-8,11,14,19H2,1H3/t15?,17-/m1/s1. The molecule has 0 radical (unpaired) electrons. The maximum atomic E-state index is 6.24. The predicted molar refractivity (Wildman–Crippen MR) is 85.0 cm³/mol. The zero-order valence-electron chi connectivity index (χ0n) is 12.8. The lowest BCUT2D eigenvalue weighted by atomic mass is 9.94. The van der Waals surface area contributed by atoms with Gasteiger partial charge in [-0.05, 0) is 18.9 Å². The van der Waals surface area contributed by atoms with Crippen LogP contribution < -0.4 is 10.5 Å². The van der Waals surface area contributed by atoms with Crippen molar-refractivity contribution in [3.8, 4) is 5.75 Å². The summed E-state index contributed by atoms with van der Waals surface area (Å²) in [5, 5.41) is 0. The maximum Gasteiger partial charge on any atom is 0.124 e. The Morgan fingerprint density at radius 3 is 2.55 bits per heavy atom. The van der Waals surface area contributed by atoms with Crippen molar-refractivity contribution in [1.29, 1.82) is 0 Å². The molecule has 0 aliphatic carbocycles. The Morgan fingerprint density at radius 2 is 1.75 bits per heavy atom. The lowest BCUT2D eigenvalue weighted by Gasteiger charge is -2.30. The Hall–Kier alpha value is -1.02. The van der Waals surface area contributed by atoms with E-state index in [1.54, 1.807) is 0 Å². The molecule has 0 aromatic heterocycles. The molecule has 2 heteroatoms. The van der Waals surface area contributed by atoms with Crippen molar-refractivity contribution in [1.82, 2.24) is 0 Å². The van der Waals surface area contributed by atoms with Crippen LogP contribution in [0.3, 0.4) is 0 Å². The molecular formula is C18H29NO. The Kier molecular flexibility index (Phi) is 6.38. The van der Waals surface area contributed by atoms with Gasteiger partial charge in [0.05, 0.1) is 0 Å². The molecule has 1 aromatic rings. The van der Waals surface area contributed by atoms with Crippen molar-refractivity contribution in [2.75, 3.05) is 0 Å². The molecule has 0 bridgehead atoms. The molecule has 1 heterocycles. The SMILES string of the molecule is CCCCCCCCCC1C[C@@H](N)c2ccccc2O1. The summed E-state index contributed by atoms with van der Waals surface area (Å²) in [6.45, 7) is 2.27. The van der Waals surface area contributed by atoms with E-state index in [1.807, 2.05) is 18.2 Å². The number of rotatable bonds is 8. The molecule has 1 aromatic carbocycles. The molecule has 0 spiro atoms. The average Bonchev–Trinajstić information content (AvgIpc) is 2.46. The molecule has 2 rings (SSSR count). The van der Waals surface area contributed by atoms with Crippen LogP contribution in [-0.2, 0) is 0 Å². The lowest BCUT2D eigenvalue weighted by Crippen LogP contribution is -2.29. The molecule has 20 heavy (non-hydrogen) atoms. The highest BCUT2D eigenvalue weighted by atomic mass is 16.5. The van der Waals surface area contributed by atoms with Crippen molar-refractivity contribution in [2.24, 2.45) is 5.73 Å². The molecule has 0 amide bonds. The highest BCUT2D eigenvalue weighted by molar-refractivity contribution is 5.37. The minimum atomic E-state index is 0.148. The van der Waals surface area contributed by atoms with Gasteiger partial charge in [0, 0.05) is 18.0 Å². The lowest BCUT2D eigenvalue weighted by molar-refractivity contribution is 0.146. The van der Waals surface area contributed by atoms with E-state index in [-0.39, 0.29) is 6.04 Å². The highest BCUT2D eigenvalue weighted by Gasteiger charge is 2.24. The van der Waals surface area contributed by atoms with Crippen molar-refractivity contribution in [2.45, 2.75) is 76.9 Å². The second kappa shape index (κ2) is 8.31. The minimum Gasteiger partial charge on any atom is -0.490 e. The summed E-state index contributed by atoms with van der Waals surface area (Å²) in [4.78, 5) is 0. The Labute approximate surface area is 123 Å². The maximum absolute atomic E-state index is 6.24. The van der Waals surface area contributed by atoms with Crippen molar-refractivity contribution in [3.63, 3.8) is 0 Å². The van der Waals surface area contributed by atoms with Crippen molar-refractivity contribution >= 4 is 0 Å². The van der Waals surface area contributed by atoms with Gasteiger partial charge in [-0.3, -0.25) is 0 Å². The number of benzene rings is 1. The van der Waals surface area contributed by atoms with Crippen LogP contribution in [-0.4, -0.2) is 6.10 Å². The van der Waals surface area contributed by atoms with Gasteiger partial charge in [-0.15, -0.1) is 0 Å². The zero-order chi connectivity index (χ0) is 14.2. The van der Waals surface area contributed by atoms with Crippen molar-refractivity contribution < 1.29 is 4.74 Å². The van der Waals surface area contributed by atoms with Crippen LogP contribution in [0, 0.1) is 0 Å². The van der Waals surface area contributed by atoms with Gasteiger partial charge in [-0.25, -0.2) is 0 Å². The number of hydrogen-bond acceptors (Lipinski definition) is 2. The van der Waals surface area contributed by atoms with E-state index < -0.39 is 0 Å². The Balaban J connectivity index is 1.66. The van der Waals surface area contributed by atoms with Gasteiger partial charge in [0.2, 0.25) is 0 Å². The molecule has 0 saturated heterocycles. The fourth-order valence-corrected chi connectivity index (χ4v) is 3.04. The molecule has 0 saturated carbocycles. The summed E-state index contributed by atoms with van der Waals surface area (Å²) < 4.78 is 6.07. The number of unbranched alkanes of at least 4 members (excludes halogenated alkanes) is 6. The van der Waals surface area contributed by atoms with Crippen LogP contribution in [0.15, 0.2) is 24.3 Å². The fraction of sp³-hybridized carbons (Fsp3) is 0.667. The number of nitrogens with two attached hydrogens (primary N) is 1. The van der Waals surface area contributed by atoms with Gasteiger partial charge in [0.1, 0.15) is 11.9 Å². The first-order chi connectivity index (χ1) is 9.81. The van der Waals surface area contributed by atoms with E-state index in [1.165, 1.54) is 50.5 Å². The highest BCUT2D eigenvalue weighted by Crippen LogP contribution is 2.34. The van der Waals surface area contributed by atoms with Crippen molar-refractivity contribution in [3.05, 3.63) is 29.8 Å². The molecule has 2 nitrogen and oxygen atoms in total. The number of fused-ring (bicyclic) bond motifs is 1. The second-order valence-corrected chi connectivity index (χ2v) is 6.03. The first-order valence-corrected chi connectivity index (χ1v) is 8.32. The average molecular weight is 275 g/mol. The van der Waals surface area contributed by atoms with Crippen LogP contribution in [0.5, 0.6) is 5.75 Å². The number of ether oxygens (including phenoxy) is 1. The van der Waals surface area contributed by atoms with Crippen LogP contribution >= 0.6 is 0 Å². The summed E-state index contributed by atoms with van der Waals surface area (Å²) in [5.74, 6) is 0.999. The number of para-hydroxylation sites is 1. The van der Waals surface area contributed by atoms with Crippen LogP contribution in [0.4, 0.5) is 0 Å².